The Morgan fingerprint density at radius 2 is 1.09 bits per heavy atom. The summed E-state index contributed by atoms with van der Waals surface area (Å²) in [6.07, 6.45) is 13.9. The van der Waals surface area contributed by atoms with E-state index < -0.39 is 0 Å². The van der Waals surface area contributed by atoms with Crippen molar-refractivity contribution >= 4 is 11.8 Å². The predicted molar refractivity (Wildman–Crippen MR) is 156 cm³/mol. The summed E-state index contributed by atoms with van der Waals surface area (Å²) in [5.41, 5.74) is 6.91. The van der Waals surface area contributed by atoms with Crippen LogP contribution in [0.2, 0.25) is 0 Å². The second-order valence-corrected chi connectivity index (χ2v) is 6.12. The third kappa shape index (κ3) is 10.7. The van der Waals surface area contributed by atoms with E-state index in [9.17, 15) is 0 Å². The molecule has 1 aliphatic heterocycles. The van der Waals surface area contributed by atoms with Gasteiger partial charge in [0.25, 0.3) is 0 Å². The Labute approximate surface area is 210 Å². The van der Waals surface area contributed by atoms with Crippen molar-refractivity contribution in [1.82, 2.24) is 9.97 Å². The molecule has 0 atom stereocenters. The van der Waals surface area contributed by atoms with Gasteiger partial charge in [-0.2, -0.15) is 0 Å². The third-order valence-corrected chi connectivity index (χ3v) is 4.34. The zero-order valence-electron chi connectivity index (χ0n) is 22.0. The normalized spacial score (nSPS) is 11.0. The standard InChI is InChI=1S/C22H19N3.4C2H6.CH4/c1-2-8-23-14-17(5-1)20-11-21(18-6-3-9-24-15-18)13-22(12-20)19-7-4-10-25-16-19;4*1-2;/h3-7,9-16H,1-2,8H2;4*1-2H3;1H4. The lowest BCUT2D eigenvalue weighted by Gasteiger charge is -2.11. The molecule has 2 aromatic heterocycles. The fraction of sp³-hybridized carbons (Fsp3) is 0.387. The van der Waals surface area contributed by atoms with Crippen molar-refractivity contribution in [2.75, 3.05) is 6.54 Å². The van der Waals surface area contributed by atoms with Crippen LogP contribution in [0.1, 0.15) is 81.2 Å². The summed E-state index contributed by atoms with van der Waals surface area (Å²) in [7, 11) is 0. The van der Waals surface area contributed by atoms with Crippen molar-refractivity contribution in [3.63, 3.8) is 0 Å². The van der Waals surface area contributed by atoms with E-state index in [0.717, 1.165) is 41.6 Å². The van der Waals surface area contributed by atoms with Crippen LogP contribution in [0.5, 0.6) is 0 Å². The molecule has 0 N–H and O–H groups in total. The zero-order chi connectivity index (χ0) is 24.9. The Balaban J connectivity index is 0. The van der Waals surface area contributed by atoms with Gasteiger partial charge in [-0.25, -0.2) is 0 Å². The van der Waals surface area contributed by atoms with Crippen LogP contribution in [0, 0.1) is 0 Å². The molecule has 0 spiro atoms. The Bertz CT molecular complexity index is 856. The first-order chi connectivity index (χ1) is 16.4. The van der Waals surface area contributed by atoms with Crippen LogP contribution in [-0.2, 0) is 0 Å². The van der Waals surface area contributed by atoms with Crippen LogP contribution >= 0.6 is 0 Å². The van der Waals surface area contributed by atoms with Crippen molar-refractivity contribution in [1.29, 1.82) is 0 Å². The average Bonchev–Trinajstić information content (AvgIpc) is 3.24. The number of aromatic nitrogens is 2. The molecule has 34 heavy (non-hydrogen) atoms. The molecule has 0 radical (unpaired) electrons. The number of benzene rings is 1. The number of pyridine rings is 2. The number of allylic oxidation sites excluding steroid dienone is 2. The van der Waals surface area contributed by atoms with Crippen LogP contribution in [0.25, 0.3) is 27.8 Å². The molecule has 0 fully saturated rings. The fourth-order valence-electron chi connectivity index (χ4n) is 3.04. The maximum absolute atomic E-state index is 4.52. The van der Waals surface area contributed by atoms with Gasteiger partial charge in [-0.15, -0.1) is 0 Å². The highest BCUT2D eigenvalue weighted by atomic mass is 14.7. The minimum atomic E-state index is 0. The van der Waals surface area contributed by atoms with E-state index in [0.29, 0.717) is 0 Å². The summed E-state index contributed by atoms with van der Waals surface area (Å²) in [6.45, 7) is 16.9. The van der Waals surface area contributed by atoms with Crippen molar-refractivity contribution < 1.29 is 0 Å². The molecule has 4 rings (SSSR count). The van der Waals surface area contributed by atoms with Gasteiger partial charge in [0.1, 0.15) is 0 Å². The molecule has 3 nitrogen and oxygen atoms in total. The van der Waals surface area contributed by atoms with Crippen molar-refractivity contribution in [3.8, 4) is 22.3 Å². The summed E-state index contributed by atoms with van der Waals surface area (Å²) in [5, 5.41) is 0. The molecule has 1 aliphatic rings. The summed E-state index contributed by atoms with van der Waals surface area (Å²) in [6, 6.07) is 14.8. The topological polar surface area (TPSA) is 38.1 Å². The van der Waals surface area contributed by atoms with Crippen LogP contribution in [0.3, 0.4) is 0 Å². The predicted octanol–water partition coefficient (Wildman–Crippen LogP) is 9.80. The zero-order valence-corrected chi connectivity index (χ0v) is 22.0. The first-order valence-electron chi connectivity index (χ1n) is 12.6. The highest BCUT2D eigenvalue weighted by Crippen LogP contribution is 2.30. The minimum Gasteiger partial charge on any atom is -0.293 e. The summed E-state index contributed by atoms with van der Waals surface area (Å²) < 4.78 is 0. The Kier molecular flexibility index (Phi) is 21.2. The molecule has 0 aliphatic carbocycles. The van der Waals surface area contributed by atoms with Crippen molar-refractivity contribution in [2.45, 2.75) is 75.7 Å². The van der Waals surface area contributed by atoms with Gasteiger partial charge in [0.2, 0.25) is 0 Å². The van der Waals surface area contributed by atoms with Crippen LogP contribution in [0.15, 0.2) is 78.3 Å². The van der Waals surface area contributed by atoms with Gasteiger partial charge >= 0.3 is 0 Å². The van der Waals surface area contributed by atoms with Gasteiger partial charge in [-0.05, 0) is 65.4 Å². The van der Waals surface area contributed by atoms with Crippen LogP contribution in [-0.4, -0.2) is 22.7 Å². The Morgan fingerprint density at radius 1 is 0.618 bits per heavy atom. The van der Waals surface area contributed by atoms with Gasteiger partial charge in [-0.3, -0.25) is 15.0 Å². The lowest BCUT2D eigenvalue weighted by Crippen LogP contribution is -1.91. The highest BCUT2D eigenvalue weighted by Gasteiger charge is 2.09. The first-order valence-corrected chi connectivity index (χ1v) is 12.6. The van der Waals surface area contributed by atoms with Crippen LogP contribution in [0.4, 0.5) is 0 Å². The number of aliphatic imine (C=N–C) groups is 1. The van der Waals surface area contributed by atoms with E-state index >= 15 is 0 Å². The molecule has 0 saturated carbocycles. The van der Waals surface area contributed by atoms with E-state index in [4.69, 9.17) is 0 Å². The Morgan fingerprint density at radius 3 is 1.53 bits per heavy atom. The lowest BCUT2D eigenvalue weighted by molar-refractivity contribution is 0.867. The molecular weight excluding hydrogens is 414 g/mol. The number of hydrogen-bond acceptors (Lipinski definition) is 3. The average molecular weight is 462 g/mol. The summed E-state index contributed by atoms with van der Waals surface area (Å²) in [4.78, 5) is 13.1. The fourth-order valence-corrected chi connectivity index (χ4v) is 3.04. The lowest BCUT2D eigenvalue weighted by atomic mass is 9.94. The SMILES string of the molecule is C.C1=NCCCC=C1c1cc(-c2cccnc2)cc(-c2cccnc2)c1.CC.CC.CC.CC. The van der Waals surface area contributed by atoms with Gasteiger partial charge in [0, 0.05) is 48.7 Å². The van der Waals surface area contributed by atoms with Gasteiger partial charge in [0.05, 0.1) is 0 Å². The van der Waals surface area contributed by atoms with Gasteiger partial charge < -0.3 is 0 Å². The summed E-state index contributed by atoms with van der Waals surface area (Å²) in [5.74, 6) is 0. The molecule has 3 heterocycles. The van der Waals surface area contributed by atoms with Crippen molar-refractivity contribution in [2.24, 2.45) is 4.99 Å². The molecule has 186 valence electrons. The monoisotopic (exact) mass is 461 g/mol. The highest BCUT2D eigenvalue weighted by molar-refractivity contribution is 6.10. The molecule has 3 aromatic rings. The largest absolute Gasteiger partial charge is 0.293 e. The number of rotatable bonds is 3. The van der Waals surface area contributed by atoms with E-state index in [-0.39, 0.29) is 7.43 Å². The maximum Gasteiger partial charge on any atom is 0.0392 e. The first kappa shape index (κ1) is 33.1. The van der Waals surface area contributed by atoms with E-state index in [1.54, 1.807) is 12.4 Å². The molecule has 0 saturated heterocycles. The number of hydrogen-bond donors (Lipinski definition) is 0. The molecular formula is C31H47N3. The molecule has 3 heteroatoms. The summed E-state index contributed by atoms with van der Waals surface area (Å²) >= 11 is 0. The van der Waals surface area contributed by atoms with E-state index in [1.807, 2.05) is 86.1 Å². The van der Waals surface area contributed by atoms with Crippen molar-refractivity contribution in [3.05, 3.63) is 78.9 Å². The van der Waals surface area contributed by atoms with E-state index in [1.165, 1.54) is 11.1 Å². The molecule has 0 bridgehead atoms. The maximum atomic E-state index is 4.52. The third-order valence-electron chi connectivity index (χ3n) is 4.34. The van der Waals surface area contributed by atoms with E-state index in [2.05, 4.69) is 51.4 Å². The second kappa shape index (κ2) is 21.8. The minimum absolute atomic E-state index is 0. The van der Waals surface area contributed by atoms with Gasteiger partial charge in [0.15, 0.2) is 0 Å². The number of nitrogens with zero attached hydrogens (tertiary/aromatic N) is 3. The smallest absolute Gasteiger partial charge is 0.0392 e. The molecule has 1 aromatic carbocycles. The second-order valence-electron chi connectivity index (χ2n) is 6.12. The Hall–Kier alpha value is -3.07. The van der Waals surface area contributed by atoms with Gasteiger partial charge in [-0.1, -0.05) is 81.0 Å². The quantitative estimate of drug-likeness (QED) is 0.389. The van der Waals surface area contributed by atoms with Crippen LogP contribution < -0.4 is 0 Å². The molecule has 0 unspecified atom stereocenters. The molecule has 0 amide bonds.